The van der Waals surface area contributed by atoms with E-state index < -0.39 is 0 Å². The molecule has 1 amide bonds. The number of aromatic amines is 1. The van der Waals surface area contributed by atoms with Gasteiger partial charge in [0.1, 0.15) is 0 Å². The van der Waals surface area contributed by atoms with E-state index in [4.69, 9.17) is 0 Å². The second-order valence-electron chi connectivity index (χ2n) is 5.98. The number of aromatic nitrogens is 3. The van der Waals surface area contributed by atoms with Crippen LogP contribution in [0, 0.1) is 13.8 Å². The molecule has 0 bridgehead atoms. The first-order valence-corrected chi connectivity index (χ1v) is 8.55. The van der Waals surface area contributed by atoms with Crippen molar-refractivity contribution in [1.82, 2.24) is 14.8 Å². The number of rotatable bonds is 5. The molecule has 6 nitrogen and oxygen atoms in total. The van der Waals surface area contributed by atoms with Crippen molar-refractivity contribution in [2.45, 2.75) is 50.1 Å². The summed E-state index contributed by atoms with van der Waals surface area (Å²) < 4.78 is 1.66. The second-order valence-corrected chi connectivity index (χ2v) is 7.29. The van der Waals surface area contributed by atoms with Crippen LogP contribution in [0.2, 0.25) is 0 Å². The zero-order valence-electron chi connectivity index (χ0n) is 13.4. The third kappa shape index (κ3) is 3.50. The van der Waals surface area contributed by atoms with E-state index in [1.54, 1.807) is 4.57 Å². The van der Waals surface area contributed by atoms with Gasteiger partial charge in [0.15, 0.2) is 5.16 Å². The Bertz CT molecular complexity index is 792. The average molecular weight is 332 g/mol. The zero-order chi connectivity index (χ0) is 16.6. The van der Waals surface area contributed by atoms with Gasteiger partial charge in [0.2, 0.25) is 5.91 Å². The fraction of sp³-hybridized carbons (Fsp3) is 0.438. The SMILES string of the molecule is Cc1ccc(C)c(NC(=O)[C@H](C)Sc2n[nH]c(=O)n2C2CC2)c1. The van der Waals surface area contributed by atoms with E-state index in [0.717, 1.165) is 29.7 Å². The highest BCUT2D eigenvalue weighted by Gasteiger charge is 2.30. The normalized spacial score (nSPS) is 15.4. The van der Waals surface area contributed by atoms with Gasteiger partial charge in [-0.15, -0.1) is 5.10 Å². The van der Waals surface area contributed by atoms with Crippen LogP contribution in [0.5, 0.6) is 0 Å². The lowest BCUT2D eigenvalue weighted by atomic mass is 10.1. The van der Waals surface area contributed by atoms with Crippen LogP contribution in [0.25, 0.3) is 0 Å². The lowest BCUT2D eigenvalue weighted by Crippen LogP contribution is -2.24. The van der Waals surface area contributed by atoms with Crippen LogP contribution in [-0.4, -0.2) is 25.9 Å². The van der Waals surface area contributed by atoms with Gasteiger partial charge >= 0.3 is 5.69 Å². The molecule has 23 heavy (non-hydrogen) atoms. The number of carbonyl (C=O) groups is 1. The highest BCUT2D eigenvalue weighted by atomic mass is 32.2. The minimum atomic E-state index is -0.345. The van der Waals surface area contributed by atoms with Crippen molar-refractivity contribution in [3.05, 3.63) is 39.8 Å². The molecule has 3 rings (SSSR count). The zero-order valence-corrected chi connectivity index (χ0v) is 14.2. The molecule has 0 unspecified atom stereocenters. The Kier molecular flexibility index (Phi) is 4.30. The summed E-state index contributed by atoms with van der Waals surface area (Å²) in [7, 11) is 0. The molecule has 0 saturated heterocycles. The number of thioether (sulfide) groups is 1. The summed E-state index contributed by atoms with van der Waals surface area (Å²) >= 11 is 1.31. The number of anilines is 1. The van der Waals surface area contributed by atoms with Crippen molar-refractivity contribution in [2.24, 2.45) is 0 Å². The number of aryl methyl sites for hydroxylation is 2. The molecular formula is C16H20N4O2S. The second kappa shape index (κ2) is 6.23. The molecule has 0 aliphatic heterocycles. The molecule has 1 atom stereocenters. The van der Waals surface area contributed by atoms with Crippen LogP contribution in [0.15, 0.2) is 28.2 Å². The third-order valence-corrected chi connectivity index (χ3v) is 4.95. The number of carbonyl (C=O) groups excluding carboxylic acids is 1. The van der Waals surface area contributed by atoms with Crippen LogP contribution in [-0.2, 0) is 4.79 Å². The van der Waals surface area contributed by atoms with Crippen molar-refractivity contribution in [3.8, 4) is 0 Å². The lowest BCUT2D eigenvalue weighted by molar-refractivity contribution is -0.115. The summed E-state index contributed by atoms with van der Waals surface area (Å²) in [4.78, 5) is 24.2. The molecule has 1 aromatic heterocycles. The molecular weight excluding hydrogens is 312 g/mol. The van der Waals surface area contributed by atoms with Crippen molar-refractivity contribution >= 4 is 23.4 Å². The van der Waals surface area contributed by atoms with Gasteiger partial charge < -0.3 is 5.32 Å². The number of nitrogens with one attached hydrogen (secondary N) is 2. The summed E-state index contributed by atoms with van der Waals surface area (Å²) in [6.45, 7) is 5.78. The fourth-order valence-electron chi connectivity index (χ4n) is 2.34. The summed E-state index contributed by atoms with van der Waals surface area (Å²) in [5.74, 6) is -0.0958. The molecule has 1 heterocycles. The quantitative estimate of drug-likeness (QED) is 0.825. The average Bonchev–Trinajstić information content (AvgIpc) is 3.27. The number of benzene rings is 1. The monoisotopic (exact) mass is 332 g/mol. The summed E-state index contributed by atoms with van der Waals surface area (Å²) in [5.41, 5.74) is 2.75. The molecule has 0 radical (unpaired) electrons. The van der Waals surface area contributed by atoms with Gasteiger partial charge in [-0.05, 0) is 50.8 Å². The molecule has 7 heteroatoms. The minimum absolute atomic E-state index is 0.0958. The van der Waals surface area contributed by atoms with Crippen molar-refractivity contribution in [1.29, 1.82) is 0 Å². The third-order valence-electron chi connectivity index (χ3n) is 3.89. The van der Waals surface area contributed by atoms with E-state index in [0.29, 0.717) is 5.16 Å². The molecule has 2 N–H and O–H groups in total. The Morgan fingerprint density at radius 2 is 2.17 bits per heavy atom. The Balaban J connectivity index is 1.71. The van der Waals surface area contributed by atoms with Gasteiger partial charge in [-0.2, -0.15) is 0 Å². The minimum Gasteiger partial charge on any atom is -0.325 e. The number of hydrogen-bond acceptors (Lipinski definition) is 4. The largest absolute Gasteiger partial charge is 0.344 e. The van der Waals surface area contributed by atoms with Crippen molar-refractivity contribution < 1.29 is 4.79 Å². The van der Waals surface area contributed by atoms with Crippen LogP contribution < -0.4 is 11.0 Å². The van der Waals surface area contributed by atoms with E-state index in [9.17, 15) is 9.59 Å². The predicted molar refractivity (Wildman–Crippen MR) is 91.0 cm³/mol. The number of H-pyrrole nitrogens is 1. The summed E-state index contributed by atoms with van der Waals surface area (Å²) in [6, 6.07) is 6.19. The van der Waals surface area contributed by atoms with Crippen LogP contribution in [0.1, 0.15) is 36.9 Å². The van der Waals surface area contributed by atoms with E-state index in [1.165, 1.54) is 11.8 Å². The molecule has 0 spiro atoms. The molecule has 1 saturated carbocycles. The molecule has 2 aromatic rings. The van der Waals surface area contributed by atoms with Gasteiger partial charge in [-0.3, -0.25) is 9.36 Å². The first kappa shape index (κ1) is 15.9. The highest BCUT2D eigenvalue weighted by Crippen LogP contribution is 2.36. The standard InChI is InChI=1S/C16H20N4O2S/c1-9-4-5-10(2)13(8-9)17-14(21)11(3)23-16-19-18-15(22)20(16)12-6-7-12/h4-5,8,11-12H,6-7H2,1-3H3,(H,17,21)(H,18,22)/t11-/m0/s1. The highest BCUT2D eigenvalue weighted by molar-refractivity contribution is 8.00. The first-order valence-electron chi connectivity index (χ1n) is 7.67. The van der Waals surface area contributed by atoms with Gasteiger partial charge in [-0.1, -0.05) is 23.9 Å². The Labute approximate surface area is 138 Å². The van der Waals surface area contributed by atoms with Gasteiger partial charge in [0.25, 0.3) is 0 Å². The Morgan fingerprint density at radius 1 is 1.43 bits per heavy atom. The van der Waals surface area contributed by atoms with E-state index in [1.807, 2.05) is 39.0 Å². The number of hydrogen-bond donors (Lipinski definition) is 2. The Hall–Kier alpha value is -2.02. The molecule has 122 valence electrons. The maximum absolute atomic E-state index is 12.4. The van der Waals surface area contributed by atoms with Gasteiger partial charge in [0, 0.05) is 11.7 Å². The number of amides is 1. The fourth-order valence-corrected chi connectivity index (χ4v) is 3.27. The first-order chi connectivity index (χ1) is 11.0. The maximum atomic E-state index is 12.4. The van der Waals surface area contributed by atoms with Crippen LogP contribution >= 0.6 is 11.8 Å². The van der Waals surface area contributed by atoms with E-state index in [2.05, 4.69) is 15.5 Å². The summed E-state index contributed by atoms with van der Waals surface area (Å²) in [6.07, 6.45) is 1.99. The predicted octanol–water partition coefficient (Wildman–Crippen LogP) is 2.64. The molecule has 1 fully saturated rings. The number of nitrogens with zero attached hydrogens (tertiary/aromatic N) is 2. The van der Waals surface area contributed by atoms with Crippen molar-refractivity contribution in [2.75, 3.05) is 5.32 Å². The molecule has 1 aromatic carbocycles. The molecule has 1 aliphatic carbocycles. The van der Waals surface area contributed by atoms with E-state index >= 15 is 0 Å². The van der Waals surface area contributed by atoms with Crippen molar-refractivity contribution in [3.63, 3.8) is 0 Å². The summed E-state index contributed by atoms with van der Waals surface area (Å²) in [5, 5.41) is 9.72. The van der Waals surface area contributed by atoms with Gasteiger partial charge in [0.05, 0.1) is 5.25 Å². The van der Waals surface area contributed by atoms with Crippen LogP contribution in [0.3, 0.4) is 0 Å². The molecule has 1 aliphatic rings. The smallest absolute Gasteiger partial charge is 0.325 e. The van der Waals surface area contributed by atoms with E-state index in [-0.39, 0.29) is 22.9 Å². The lowest BCUT2D eigenvalue weighted by Gasteiger charge is -2.14. The Morgan fingerprint density at radius 3 is 2.87 bits per heavy atom. The van der Waals surface area contributed by atoms with Gasteiger partial charge in [-0.25, -0.2) is 9.89 Å². The topological polar surface area (TPSA) is 79.8 Å². The maximum Gasteiger partial charge on any atom is 0.344 e. The van der Waals surface area contributed by atoms with Crippen LogP contribution in [0.4, 0.5) is 5.69 Å².